The van der Waals surface area contributed by atoms with E-state index < -0.39 is 0 Å². The van der Waals surface area contributed by atoms with E-state index in [2.05, 4.69) is 5.32 Å². The van der Waals surface area contributed by atoms with Crippen molar-refractivity contribution in [3.8, 4) is 0 Å². The molecule has 0 fully saturated rings. The van der Waals surface area contributed by atoms with E-state index in [1.54, 1.807) is 18.2 Å². The van der Waals surface area contributed by atoms with E-state index in [1.165, 1.54) is 23.5 Å². The smallest absolute Gasteiger partial charge is 0.287 e. The number of fused-ring (bicyclic) bond motifs is 1. The van der Waals surface area contributed by atoms with Crippen molar-refractivity contribution in [2.75, 3.05) is 0 Å². The zero-order valence-corrected chi connectivity index (χ0v) is 13.9. The maximum absolute atomic E-state index is 13.2. The Hall–Kier alpha value is -2.92. The summed E-state index contributed by atoms with van der Waals surface area (Å²) in [4.78, 5) is 13.7. The maximum atomic E-state index is 13.2. The van der Waals surface area contributed by atoms with Gasteiger partial charge in [0.15, 0.2) is 5.76 Å². The second kappa shape index (κ2) is 6.53. The first-order valence-electron chi connectivity index (χ1n) is 7.79. The van der Waals surface area contributed by atoms with E-state index >= 15 is 0 Å². The summed E-state index contributed by atoms with van der Waals surface area (Å²) >= 11 is 1.53. The number of carbonyl (C=O) groups excluding carboxylic acids is 1. The summed E-state index contributed by atoms with van der Waals surface area (Å²) in [5, 5.41) is 5.81. The molecule has 1 atom stereocenters. The molecule has 0 unspecified atom stereocenters. The second-order valence-corrected chi connectivity index (χ2v) is 6.60. The number of nitrogens with one attached hydrogen (secondary N) is 1. The summed E-state index contributed by atoms with van der Waals surface area (Å²) < 4.78 is 18.9. The van der Waals surface area contributed by atoms with E-state index in [4.69, 9.17) is 4.42 Å². The summed E-state index contributed by atoms with van der Waals surface area (Å²) in [6.07, 6.45) is 0. The summed E-state index contributed by atoms with van der Waals surface area (Å²) in [5.41, 5.74) is 1.48. The fraction of sp³-hybridized carbons (Fsp3) is 0.0500. The third kappa shape index (κ3) is 3.19. The van der Waals surface area contributed by atoms with Gasteiger partial charge >= 0.3 is 0 Å². The Labute approximate surface area is 147 Å². The number of para-hydroxylation sites is 1. The van der Waals surface area contributed by atoms with Gasteiger partial charge in [0.25, 0.3) is 5.91 Å². The number of hydrogen-bond donors (Lipinski definition) is 1. The topological polar surface area (TPSA) is 42.2 Å². The van der Waals surface area contributed by atoms with Gasteiger partial charge in [0, 0.05) is 10.3 Å². The highest BCUT2D eigenvalue weighted by atomic mass is 32.1. The van der Waals surface area contributed by atoms with Crippen LogP contribution in [-0.4, -0.2) is 5.91 Å². The number of carbonyl (C=O) groups is 1. The third-order valence-corrected chi connectivity index (χ3v) is 4.89. The average molecular weight is 351 g/mol. The minimum absolute atomic E-state index is 0.255. The van der Waals surface area contributed by atoms with Crippen LogP contribution < -0.4 is 5.32 Å². The van der Waals surface area contributed by atoms with Crippen molar-refractivity contribution in [3.63, 3.8) is 0 Å². The number of rotatable bonds is 4. The lowest BCUT2D eigenvalue weighted by molar-refractivity contribution is 0.0918. The molecule has 0 saturated heterocycles. The van der Waals surface area contributed by atoms with Gasteiger partial charge in [-0.1, -0.05) is 36.4 Å². The van der Waals surface area contributed by atoms with Crippen LogP contribution in [0.1, 0.15) is 27.0 Å². The van der Waals surface area contributed by atoms with E-state index in [0.717, 1.165) is 15.8 Å². The molecule has 5 heteroatoms. The van der Waals surface area contributed by atoms with E-state index in [9.17, 15) is 9.18 Å². The SMILES string of the molecule is O=C(N[C@H](c1ccc(F)cc1)c1cccs1)c1cc2ccccc2o1. The number of halogens is 1. The Morgan fingerprint density at radius 1 is 1.04 bits per heavy atom. The molecule has 0 aliphatic heterocycles. The van der Waals surface area contributed by atoms with Crippen molar-refractivity contribution in [2.24, 2.45) is 0 Å². The Morgan fingerprint density at radius 2 is 1.84 bits per heavy atom. The lowest BCUT2D eigenvalue weighted by Gasteiger charge is -2.17. The van der Waals surface area contributed by atoms with Gasteiger partial charge in [0.1, 0.15) is 11.4 Å². The van der Waals surface area contributed by atoms with Crippen LogP contribution in [0.2, 0.25) is 0 Å². The fourth-order valence-electron chi connectivity index (χ4n) is 2.73. The zero-order valence-electron chi connectivity index (χ0n) is 13.1. The summed E-state index contributed by atoms with van der Waals surface area (Å²) in [5.74, 6) is -0.360. The van der Waals surface area contributed by atoms with Gasteiger partial charge in [0.05, 0.1) is 6.04 Å². The molecule has 2 heterocycles. The van der Waals surface area contributed by atoms with Crippen molar-refractivity contribution in [3.05, 3.63) is 94.1 Å². The van der Waals surface area contributed by atoms with E-state index in [1.807, 2.05) is 41.8 Å². The normalized spacial score (nSPS) is 12.2. The molecule has 124 valence electrons. The van der Waals surface area contributed by atoms with Crippen molar-refractivity contribution in [2.45, 2.75) is 6.04 Å². The molecule has 2 aromatic carbocycles. The first kappa shape index (κ1) is 15.6. The quantitative estimate of drug-likeness (QED) is 0.552. The molecule has 1 amide bonds. The molecular formula is C20H14FNO2S. The maximum Gasteiger partial charge on any atom is 0.287 e. The van der Waals surface area contributed by atoms with Crippen LogP contribution in [0.25, 0.3) is 11.0 Å². The fourth-order valence-corrected chi connectivity index (χ4v) is 3.53. The van der Waals surface area contributed by atoms with Gasteiger partial charge in [-0.3, -0.25) is 4.79 Å². The predicted molar refractivity (Wildman–Crippen MR) is 96.2 cm³/mol. The number of benzene rings is 2. The molecule has 1 N–H and O–H groups in total. The number of hydrogen-bond acceptors (Lipinski definition) is 3. The molecule has 4 aromatic rings. The predicted octanol–water partition coefficient (Wildman–Crippen LogP) is 5.15. The molecule has 25 heavy (non-hydrogen) atoms. The lowest BCUT2D eigenvalue weighted by Crippen LogP contribution is -2.28. The van der Waals surface area contributed by atoms with Crippen molar-refractivity contribution < 1.29 is 13.6 Å². The van der Waals surface area contributed by atoms with Gasteiger partial charge < -0.3 is 9.73 Å². The summed E-state index contributed by atoms with van der Waals surface area (Å²) in [7, 11) is 0. The summed E-state index contributed by atoms with van der Waals surface area (Å²) in [6, 6.07) is 18.8. The van der Waals surface area contributed by atoms with E-state index in [0.29, 0.717) is 5.58 Å². The molecule has 0 aliphatic rings. The Bertz CT molecular complexity index is 973. The first-order chi connectivity index (χ1) is 12.2. The Morgan fingerprint density at radius 3 is 2.56 bits per heavy atom. The van der Waals surface area contributed by atoms with Gasteiger partial charge in [-0.25, -0.2) is 4.39 Å². The molecule has 3 nitrogen and oxygen atoms in total. The van der Waals surface area contributed by atoms with Crippen LogP contribution in [0.15, 0.2) is 76.5 Å². The second-order valence-electron chi connectivity index (χ2n) is 5.62. The van der Waals surface area contributed by atoms with Crippen LogP contribution >= 0.6 is 11.3 Å². The van der Waals surface area contributed by atoms with Crippen LogP contribution in [0.5, 0.6) is 0 Å². The first-order valence-corrected chi connectivity index (χ1v) is 8.67. The molecular weight excluding hydrogens is 337 g/mol. The van der Waals surface area contributed by atoms with Crippen LogP contribution in [0.4, 0.5) is 4.39 Å². The van der Waals surface area contributed by atoms with Crippen molar-refractivity contribution in [1.82, 2.24) is 5.32 Å². The van der Waals surface area contributed by atoms with E-state index in [-0.39, 0.29) is 23.5 Å². The molecule has 0 radical (unpaired) electrons. The van der Waals surface area contributed by atoms with Gasteiger partial charge in [-0.2, -0.15) is 0 Å². The van der Waals surface area contributed by atoms with Crippen LogP contribution in [0, 0.1) is 5.82 Å². The largest absolute Gasteiger partial charge is 0.451 e. The van der Waals surface area contributed by atoms with Crippen LogP contribution in [0.3, 0.4) is 0 Å². The van der Waals surface area contributed by atoms with Crippen LogP contribution in [-0.2, 0) is 0 Å². The molecule has 4 rings (SSSR count). The minimum Gasteiger partial charge on any atom is -0.451 e. The monoisotopic (exact) mass is 351 g/mol. The number of amides is 1. The Balaban J connectivity index is 1.66. The number of furan rings is 1. The molecule has 0 spiro atoms. The molecule has 0 saturated carbocycles. The molecule has 0 aliphatic carbocycles. The Kier molecular flexibility index (Phi) is 4.07. The standard InChI is InChI=1S/C20H14FNO2S/c21-15-9-7-13(8-10-15)19(18-6-3-11-25-18)22-20(23)17-12-14-4-1-2-5-16(14)24-17/h1-12,19H,(H,22,23)/t19-/m1/s1. The highest BCUT2D eigenvalue weighted by Gasteiger charge is 2.21. The minimum atomic E-state index is -0.360. The van der Waals surface area contributed by atoms with Crippen molar-refractivity contribution >= 4 is 28.2 Å². The third-order valence-electron chi connectivity index (χ3n) is 3.96. The lowest BCUT2D eigenvalue weighted by atomic mass is 10.1. The van der Waals surface area contributed by atoms with Crippen molar-refractivity contribution in [1.29, 1.82) is 0 Å². The molecule has 2 aromatic heterocycles. The van der Waals surface area contributed by atoms with Gasteiger partial charge in [0.2, 0.25) is 0 Å². The van der Waals surface area contributed by atoms with Gasteiger partial charge in [-0.05, 0) is 41.3 Å². The number of thiophene rings is 1. The highest BCUT2D eigenvalue weighted by molar-refractivity contribution is 7.10. The molecule has 0 bridgehead atoms. The highest BCUT2D eigenvalue weighted by Crippen LogP contribution is 2.27. The zero-order chi connectivity index (χ0) is 17.2. The van der Waals surface area contributed by atoms with Gasteiger partial charge in [-0.15, -0.1) is 11.3 Å². The summed E-state index contributed by atoms with van der Waals surface area (Å²) in [6.45, 7) is 0. The average Bonchev–Trinajstić information content (AvgIpc) is 3.30.